The molecular weight excluding hydrogens is 218 g/mol. The fraction of sp³-hybridized carbons (Fsp3) is 0.200. The number of nitrogens with zero attached hydrogens (tertiary/aromatic N) is 4. The van der Waals surface area contributed by atoms with Gasteiger partial charge in [-0.1, -0.05) is 0 Å². The van der Waals surface area contributed by atoms with E-state index < -0.39 is 0 Å². The van der Waals surface area contributed by atoms with Gasteiger partial charge in [-0.05, 0) is 13.0 Å². The highest BCUT2D eigenvalue weighted by Crippen LogP contribution is 2.17. The molecule has 0 fully saturated rings. The van der Waals surface area contributed by atoms with Crippen LogP contribution in [-0.4, -0.2) is 19.9 Å². The van der Waals surface area contributed by atoms with E-state index in [2.05, 4.69) is 30.7 Å². The first-order valence-corrected chi connectivity index (χ1v) is 5.08. The molecule has 2 rings (SSSR count). The van der Waals surface area contributed by atoms with Crippen molar-refractivity contribution in [2.75, 3.05) is 10.7 Å². The fourth-order valence-corrected chi connectivity index (χ4v) is 1.37. The van der Waals surface area contributed by atoms with Crippen LogP contribution in [-0.2, 0) is 6.54 Å². The number of nitrogens with two attached hydrogens (primary N) is 1. The molecule has 0 aliphatic rings. The summed E-state index contributed by atoms with van der Waals surface area (Å²) in [6.07, 6.45) is 4.66. The van der Waals surface area contributed by atoms with Crippen LogP contribution in [0, 0.1) is 6.92 Å². The van der Waals surface area contributed by atoms with Crippen LogP contribution in [0.1, 0.15) is 11.3 Å². The summed E-state index contributed by atoms with van der Waals surface area (Å²) >= 11 is 0. The van der Waals surface area contributed by atoms with Crippen molar-refractivity contribution in [1.29, 1.82) is 0 Å². The van der Waals surface area contributed by atoms with Gasteiger partial charge in [-0.15, -0.1) is 0 Å². The topological polar surface area (TPSA) is 102 Å². The number of anilines is 2. The second kappa shape index (κ2) is 5.17. The zero-order chi connectivity index (χ0) is 12.1. The number of aromatic nitrogens is 4. The maximum absolute atomic E-state index is 5.34. The zero-order valence-electron chi connectivity index (χ0n) is 9.38. The van der Waals surface area contributed by atoms with Crippen LogP contribution in [0.2, 0.25) is 0 Å². The lowest BCUT2D eigenvalue weighted by molar-refractivity contribution is 0.984. The highest BCUT2D eigenvalue weighted by molar-refractivity contribution is 5.55. The summed E-state index contributed by atoms with van der Waals surface area (Å²) < 4.78 is 0. The quantitative estimate of drug-likeness (QED) is 0.519. The molecule has 0 aromatic carbocycles. The molecule has 2 heterocycles. The smallest absolute Gasteiger partial charge is 0.148 e. The van der Waals surface area contributed by atoms with Crippen molar-refractivity contribution in [2.24, 2.45) is 5.84 Å². The molecule has 2 aromatic rings. The maximum Gasteiger partial charge on any atom is 0.148 e. The van der Waals surface area contributed by atoms with E-state index in [1.54, 1.807) is 6.20 Å². The molecule has 7 heteroatoms. The van der Waals surface area contributed by atoms with Gasteiger partial charge in [-0.25, -0.2) is 25.8 Å². The molecule has 0 saturated heterocycles. The Kier molecular flexibility index (Phi) is 3.41. The molecule has 7 nitrogen and oxygen atoms in total. The molecule has 0 bridgehead atoms. The van der Waals surface area contributed by atoms with Crippen molar-refractivity contribution >= 4 is 11.6 Å². The minimum atomic E-state index is 0.574. The molecular formula is C10H13N7. The lowest BCUT2D eigenvalue weighted by atomic mass is 10.3. The van der Waals surface area contributed by atoms with E-state index in [0.29, 0.717) is 12.4 Å². The van der Waals surface area contributed by atoms with Crippen molar-refractivity contribution in [2.45, 2.75) is 13.5 Å². The molecule has 88 valence electrons. The van der Waals surface area contributed by atoms with Crippen LogP contribution >= 0.6 is 0 Å². The highest BCUT2D eigenvalue weighted by atomic mass is 15.3. The van der Waals surface area contributed by atoms with Crippen LogP contribution in [0.3, 0.4) is 0 Å². The van der Waals surface area contributed by atoms with Crippen molar-refractivity contribution in [3.63, 3.8) is 0 Å². The molecule has 0 radical (unpaired) electrons. The summed E-state index contributed by atoms with van der Waals surface area (Å²) in [6.45, 7) is 2.46. The van der Waals surface area contributed by atoms with Gasteiger partial charge >= 0.3 is 0 Å². The van der Waals surface area contributed by atoms with Crippen LogP contribution in [0.15, 0.2) is 24.9 Å². The van der Waals surface area contributed by atoms with Gasteiger partial charge in [0.2, 0.25) is 0 Å². The zero-order valence-corrected chi connectivity index (χ0v) is 9.38. The van der Waals surface area contributed by atoms with Gasteiger partial charge in [-0.3, -0.25) is 0 Å². The van der Waals surface area contributed by atoms with E-state index in [1.807, 2.05) is 13.0 Å². The van der Waals surface area contributed by atoms with Gasteiger partial charge in [-0.2, -0.15) is 0 Å². The Morgan fingerprint density at radius 3 is 2.71 bits per heavy atom. The molecule has 2 aromatic heterocycles. The lowest BCUT2D eigenvalue weighted by Gasteiger charge is -2.10. The molecule has 0 atom stereocenters. The van der Waals surface area contributed by atoms with Crippen molar-refractivity contribution in [1.82, 2.24) is 19.9 Å². The van der Waals surface area contributed by atoms with Gasteiger partial charge in [0.25, 0.3) is 0 Å². The molecule has 4 N–H and O–H groups in total. The van der Waals surface area contributed by atoms with Crippen molar-refractivity contribution < 1.29 is 0 Å². The van der Waals surface area contributed by atoms with Crippen molar-refractivity contribution in [3.05, 3.63) is 36.2 Å². The Morgan fingerprint density at radius 1 is 1.18 bits per heavy atom. The van der Waals surface area contributed by atoms with E-state index in [1.165, 1.54) is 12.7 Å². The summed E-state index contributed by atoms with van der Waals surface area (Å²) in [5, 5.41) is 3.17. The number of nitrogens with one attached hydrogen (secondary N) is 2. The second-order valence-electron chi connectivity index (χ2n) is 3.39. The maximum atomic E-state index is 5.34. The minimum absolute atomic E-state index is 0.574. The average Bonchev–Trinajstić information content (AvgIpc) is 2.39. The molecule has 17 heavy (non-hydrogen) atoms. The number of nitrogen functional groups attached to an aromatic ring is 1. The fourth-order valence-electron chi connectivity index (χ4n) is 1.37. The van der Waals surface area contributed by atoms with Crippen LogP contribution < -0.4 is 16.6 Å². The standard InChI is InChI=1S/C10H13N7/c1-7-9(15-6-16-10(7)17-11)13-4-8-2-3-12-5-14-8/h2-3,5-6H,4,11H2,1H3,(H2,13,15,16,17). The van der Waals surface area contributed by atoms with Crippen LogP contribution in [0.25, 0.3) is 0 Å². The third-order valence-electron chi connectivity index (χ3n) is 2.30. The van der Waals surface area contributed by atoms with Gasteiger partial charge in [0, 0.05) is 11.8 Å². The van der Waals surface area contributed by atoms with Crippen LogP contribution in [0.4, 0.5) is 11.6 Å². The molecule has 0 unspecified atom stereocenters. The Morgan fingerprint density at radius 2 is 2.00 bits per heavy atom. The summed E-state index contributed by atoms with van der Waals surface area (Å²) in [5.74, 6) is 6.67. The highest BCUT2D eigenvalue weighted by Gasteiger charge is 2.05. The van der Waals surface area contributed by atoms with E-state index in [0.717, 1.165) is 17.1 Å². The van der Waals surface area contributed by atoms with E-state index >= 15 is 0 Å². The van der Waals surface area contributed by atoms with E-state index in [9.17, 15) is 0 Å². The Bertz CT molecular complexity index is 485. The first-order valence-electron chi connectivity index (χ1n) is 5.08. The minimum Gasteiger partial charge on any atom is -0.364 e. The third kappa shape index (κ3) is 2.64. The number of hydrogen-bond donors (Lipinski definition) is 3. The summed E-state index contributed by atoms with van der Waals surface area (Å²) in [5.41, 5.74) is 4.27. The van der Waals surface area contributed by atoms with E-state index in [-0.39, 0.29) is 0 Å². The van der Waals surface area contributed by atoms with Crippen molar-refractivity contribution in [3.8, 4) is 0 Å². The molecule has 0 amide bonds. The molecule has 0 spiro atoms. The monoisotopic (exact) mass is 231 g/mol. The number of hydrogen-bond acceptors (Lipinski definition) is 7. The van der Waals surface area contributed by atoms with Gasteiger partial charge < -0.3 is 10.7 Å². The number of rotatable bonds is 4. The molecule has 0 aliphatic heterocycles. The summed E-state index contributed by atoms with van der Waals surface area (Å²) in [4.78, 5) is 16.1. The number of hydrazine groups is 1. The molecule has 0 saturated carbocycles. The first kappa shape index (κ1) is 11.2. The predicted molar refractivity (Wildman–Crippen MR) is 63.9 cm³/mol. The van der Waals surface area contributed by atoms with Crippen LogP contribution in [0.5, 0.6) is 0 Å². The predicted octanol–water partition coefficient (Wildman–Crippen LogP) is 0.473. The van der Waals surface area contributed by atoms with E-state index in [4.69, 9.17) is 5.84 Å². The average molecular weight is 231 g/mol. The second-order valence-corrected chi connectivity index (χ2v) is 3.39. The lowest BCUT2D eigenvalue weighted by Crippen LogP contribution is -2.12. The Balaban J connectivity index is 2.09. The summed E-state index contributed by atoms with van der Waals surface area (Å²) in [6, 6.07) is 1.84. The van der Waals surface area contributed by atoms with Gasteiger partial charge in [0.1, 0.15) is 24.3 Å². The van der Waals surface area contributed by atoms with Gasteiger partial charge in [0.05, 0.1) is 12.2 Å². The summed E-state index contributed by atoms with van der Waals surface area (Å²) in [7, 11) is 0. The van der Waals surface area contributed by atoms with Gasteiger partial charge in [0.15, 0.2) is 0 Å². The largest absolute Gasteiger partial charge is 0.364 e. The third-order valence-corrected chi connectivity index (χ3v) is 2.30. The molecule has 0 aliphatic carbocycles. The normalized spacial score (nSPS) is 10.0. The Labute approximate surface area is 98.5 Å². The Hall–Kier alpha value is -2.28. The first-order chi connectivity index (χ1) is 8.31. The SMILES string of the molecule is Cc1c(NN)ncnc1NCc1ccncn1.